The van der Waals surface area contributed by atoms with Crippen LogP contribution in [0.3, 0.4) is 0 Å². The molecule has 2 amide bonds. The number of benzene rings is 2. The van der Waals surface area contributed by atoms with Gasteiger partial charge < -0.3 is 10.6 Å². The SMILES string of the molecule is CC(=O)Cc1ccc(NC(=O)Nc2ccccc2C)cc1.[HH].[HH]. The number of aryl methyl sites for hydroxylation is 1. The quantitative estimate of drug-likeness (QED) is 0.882. The number of para-hydroxylation sites is 1. The average Bonchev–Trinajstić information content (AvgIpc) is 2.43. The predicted molar refractivity (Wildman–Crippen MR) is 88.9 cm³/mol. The minimum Gasteiger partial charge on any atom is -0.308 e. The van der Waals surface area contributed by atoms with Crippen LogP contribution in [0.15, 0.2) is 48.5 Å². The number of carbonyl (C=O) groups is 2. The molecule has 0 heterocycles. The summed E-state index contributed by atoms with van der Waals surface area (Å²) in [6, 6.07) is 14.5. The highest BCUT2D eigenvalue weighted by atomic mass is 16.2. The Bertz CT molecular complexity index is 658. The van der Waals surface area contributed by atoms with E-state index < -0.39 is 0 Å². The van der Waals surface area contributed by atoms with Crippen LogP contribution in [0.4, 0.5) is 16.2 Å². The lowest BCUT2D eigenvalue weighted by Crippen LogP contribution is -2.19. The van der Waals surface area contributed by atoms with Gasteiger partial charge in [-0.3, -0.25) is 4.79 Å². The molecule has 4 nitrogen and oxygen atoms in total. The van der Waals surface area contributed by atoms with E-state index in [-0.39, 0.29) is 14.7 Å². The maximum Gasteiger partial charge on any atom is 0.323 e. The van der Waals surface area contributed by atoms with Gasteiger partial charge in [-0.1, -0.05) is 30.3 Å². The van der Waals surface area contributed by atoms with Crippen molar-refractivity contribution in [2.45, 2.75) is 20.3 Å². The number of urea groups is 1. The summed E-state index contributed by atoms with van der Waals surface area (Å²) < 4.78 is 0. The first-order valence-electron chi connectivity index (χ1n) is 6.76. The summed E-state index contributed by atoms with van der Waals surface area (Å²) in [5, 5.41) is 5.56. The lowest BCUT2D eigenvalue weighted by atomic mass is 10.1. The number of carbonyl (C=O) groups excluding carboxylic acids is 2. The molecule has 0 unspecified atom stereocenters. The van der Waals surface area contributed by atoms with Crippen LogP contribution in [0.25, 0.3) is 0 Å². The molecular weight excluding hydrogens is 264 g/mol. The standard InChI is InChI=1S/C17H18N2O2.2H2/c1-12-5-3-4-6-16(12)19-17(21)18-15-9-7-14(8-10-15)11-13(2)20;;/h3-10H,11H2,1-2H3,(H2,18,19,21);2*1H. The van der Waals surface area contributed by atoms with E-state index in [1.165, 1.54) is 0 Å². The first-order chi connectivity index (χ1) is 10.0. The molecule has 0 fully saturated rings. The molecule has 112 valence electrons. The summed E-state index contributed by atoms with van der Waals surface area (Å²) in [6.45, 7) is 3.49. The molecule has 2 aromatic rings. The number of ketones is 1. The molecule has 0 saturated heterocycles. The zero-order valence-electron chi connectivity index (χ0n) is 12.1. The van der Waals surface area contributed by atoms with Crippen LogP contribution in [0.2, 0.25) is 0 Å². The van der Waals surface area contributed by atoms with Crippen molar-refractivity contribution in [1.82, 2.24) is 0 Å². The molecule has 0 bridgehead atoms. The number of amides is 2. The molecule has 0 aliphatic heterocycles. The highest BCUT2D eigenvalue weighted by Crippen LogP contribution is 2.15. The molecule has 21 heavy (non-hydrogen) atoms. The predicted octanol–water partition coefficient (Wildman–Crippen LogP) is 4.26. The third kappa shape index (κ3) is 4.45. The van der Waals surface area contributed by atoms with Crippen LogP contribution in [0.5, 0.6) is 0 Å². The Morgan fingerprint density at radius 3 is 2.29 bits per heavy atom. The van der Waals surface area contributed by atoms with Crippen molar-refractivity contribution in [2.75, 3.05) is 10.6 Å². The summed E-state index contributed by atoms with van der Waals surface area (Å²) in [7, 11) is 0. The maximum atomic E-state index is 11.9. The molecule has 4 heteroatoms. The number of rotatable bonds is 4. The molecule has 0 aromatic heterocycles. The van der Waals surface area contributed by atoms with Gasteiger partial charge in [0, 0.05) is 20.6 Å². The molecule has 2 aromatic carbocycles. The van der Waals surface area contributed by atoms with E-state index in [2.05, 4.69) is 10.6 Å². The number of hydrogen-bond donors (Lipinski definition) is 2. The third-order valence-electron chi connectivity index (χ3n) is 3.06. The van der Waals surface area contributed by atoms with Crippen LogP contribution in [-0.4, -0.2) is 11.8 Å². The Morgan fingerprint density at radius 1 is 1.00 bits per heavy atom. The zero-order valence-corrected chi connectivity index (χ0v) is 12.1. The Balaban J connectivity index is 0.00000242. The van der Waals surface area contributed by atoms with Gasteiger partial charge in [-0.15, -0.1) is 0 Å². The van der Waals surface area contributed by atoms with Gasteiger partial charge in [0.15, 0.2) is 0 Å². The smallest absolute Gasteiger partial charge is 0.308 e. The molecule has 0 spiro atoms. The molecule has 0 aliphatic rings. The van der Waals surface area contributed by atoms with Gasteiger partial charge in [-0.2, -0.15) is 0 Å². The van der Waals surface area contributed by atoms with Crippen LogP contribution in [0.1, 0.15) is 20.9 Å². The monoisotopic (exact) mass is 286 g/mol. The number of Topliss-reactive ketones (excluding diaryl/α,β-unsaturated/α-hetero) is 1. The first kappa shape index (κ1) is 14.8. The fourth-order valence-corrected chi connectivity index (χ4v) is 1.99. The van der Waals surface area contributed by atoms with E-state index in [9.17, 15) is 9.59 Å². The molecule has 0 aliphatic carbocycles. The lowest BCUT2D eigenvalue weighted by Gasteiger charge is -2.10. The first-order valence-corrected chi connectivity index (χ1v) is 6.76. The van der Waals surface area contributed by atoms with Gasteiger partial charge in [-0.05, 0) is 43.2 Å². The molecule has 0 saturated carbocycles. The van der Waals surface area contributed by atoms with Crippen LogP contribution in [-0.2, 0) is 11.2 Å². The fourth-order valence-electron chi connectivity index (χ4n) is 1.99. The minimum atomic E-state index is -0.288. The Morgan fingerprint density at radius 2 is 1.67 bits per heavy atom. The topological polar surface area (TPSA) is 58.2 Å². The van der Waals surface area contributed by atoms with Gasteiger partial charge in [0.05, 0.1) is 0 Å². The Labute approximate surface area is 127 Å². The molecule has 2 rings (SSSR count). The van der Waals surface area contributed by atoms with Gasteiger partial charge in [0.25, 0.3) is 0 Å². The van der Waals surface area contributed by atoms with E-state index in [1.807, 2.05) is 43.3 Å². The van der Waals surface area contributed by atoms with E-state index in [0.717, 1.165) is 16.8 Å². The van der Waals surface area contributed by atoms with Crippen molar-refractivity contribution in [2.24, 2.45) is 0 Å². The molecule has 0 atom stereocenters. The van der Waals surface area contributed by atoms with Crippen LogP contribution >= 0.6 is 0 Å². The summed E-state index contributed by atoms with van der Waals surface area (Å²) in [5.74, 6) is 0.119. The largest absolute Gasteiger partial charge is 0.323 e. The van der Waals surface area contributed by atoms with Gasteiger partial charge in [0.1, 0.15) is 5.78 Å². The van der Waals surface area contributed by atoms with Crippen molar-refractivity contribution in [1.29, 1.82) is 0 Å². The summed E-state index contributed by atoms with van der Waals surface area (Å²) in [4.78, 5) is 23.0. The number of anilines is 2. The summed E-state index contributed by atoms with van der Waals surface area (Å²) in [5.41, 5.74) is 3.41. The van der Waals surface area contributed by atoms with Crippen molar-refractivity contribution in [3.8, 4) is 0 Å². The Kier molecular flexibility index (Phi) is 4.72. The minimum absolute atomic E-state index is 0. The van der Waals surface area contributed by atoms with E-state index >= 15 is 0 Å². The van der Waals surface area contributed by atoms with Gasteiger partial charge in [0.2, 0.25) is 0 Å². The zero-order chi connectivity index (χ0) is 15.2. The van der Waals surface area contributed by atoms with Crippen molar-refractivity contribution in [3.63, 3.8) is 0 Å². The van der Waals surface area contributed by atoms with E-state index in [1.54, 1.807) is 19.1 Å². The highest BCUT2D eigenvalue weighted by molar-refractivity contribution is 6.00. The highest BCUT2D eigenvalue weighted by Gasteiger charge is 2.04. The Hall–Kier alpha value is -2.62. The number of hydrogen-bond acceptors (Lipinski definition) is 2. The van der Waals surface area contributed by atoms with Crippen molar-refractivity contribution >= 4 is 23.2 Å². The summed E-state index contributed by atoms with van der Waals surface area (Å²) in [6.07, 6.45) is 0.412. The lowest BCUT2D eigenvalue weighted by molar-refractivity contribution is -0.116. The van der Waals surface area contributed by atoms with Gasteiger partial charge >= 0.3 is 6.03 Å². The molecule has 0 radical (unpaired) electrons. The normalized spacial score (nSPS) is 10.0. The molecular formula is C17H22N2O2. The second-order valence-electron chi connectivity index (χ2n) is 4.97. The third-order valence-corrected chi connectivity index (χ3v) is 3.06. The van der Waals surface area contributed by atoms with Crippen LogP contribution < -0.4 is 10.6 Å². The second kappa shape index (κ2) is 6.70. The van der Waals surface area contributed by atoms with Crippen molar-refractivity contribution < 1.29 is 12.4 Å². The average molecular weight is 286 g/mol. The van der Waals surface area contributed by atoms with Gasteiger partial charge in [-0.25, -0.2) is 4.79 Å². The number of nitrogens with one attached hydrogen (secondary N) is 2. The summed E-state index contributed by atoms with van der Waals surface area (Å²) >= 11 is 0. The van der Waals surface area contributed by atoms with Crippen LogP contribution in [0, 0.1) is 6.92 Å². The van der Waals surface area contributed by atoms with E-state index in [0.29, 0.717) is 12.1 Å². The fraction of sp³-hybridized carbons (Fsp3) is 0.176. The van der Waals surface area contributed by atoms with Crippen molar-refractivity contribution in [3.05, 3.63) is 59.7 Å². The maximum absolute atomic E-state index is 11.9. The van der Waals surface area contributed by atoms with E-state index in [4.69, 9.17) is 0 Å². The second-order valence-corrected chi connectivity index (χ2v) is 4.97. The molecule has 2 N–H and O–H groups in total.